The number of rotatable bonds is 8. The molecule has 3 aromatic rings. The Morgan fingerprint density at radius 2 is 2.09 bits per heavy atom. The number of anilines is 3. The van der Waals surface area contributed by atoms with Gasteiger partial charge >= 0.3 is 6.36 Å². The van der Waals surface area contributed by atoms with Gasteiger partial charge < -0.3 is 30.3 Å². The van der Waals surface area contributed by atoms with E-state index in [0.29, 0.717) is 40.7 Å². The maximum Gasteiger partial charge on any atom is 0.573 e. The van der Waals surface area contributed by atoms with Crippen molar-refractivity contribution in [3.63, 3.8) is 0 Å². The molecule has 0 bridgehead atoms. The third-order valence-corrected chi connectivity index (χ3v) is 5.86. The van der Waals surface area contributed by atoms with Gasteiger partial charge in [-0.05, 0) is 37.3 Å². The highest BCUT2D eigenvalue weighted by molar-refractivity contribution is 7.22. The van der Waals surface area contributed by atoms with Crippen molar-refractivity contribution in [2.45, 2.75) is 19.6 Å². The molecule has 1 aliphatic heterocycles. The first-order chi connectivity index (χ1) is 15.7. The molecule has 0 saturated carbocycles. The number of hydrogen-bond donors (Lipinski definition) is 3. The fraction of sp³-hybridized carbons (Fsp3) is 0.333. The van der Waals surface area contributed by atoms with Crippen LogP contribution in [0.1, 0.15) is 17.3 Å². The summed E-state index contributed by atoms with van der Waals surface area (Å²) in [5.41, 5.74) is 2.74. The Morgan fingerprint density at radius 3 is 2.85 bits per heavy atom. The molecule has 2 aromatic carbocycles. The van der Waals surface area contributed by atoms with Crippen LogP contribution >= 0.6 is 11.3 Å². The smallest absolute Gasteiger partial charge is 0.406 e. The molecule has 3 N–H and O–H groups in total. The van der Waals surface area contributed by atoms with E-state index in [1.807, 2.05) is 24.9 Å². The molecule has 0 spiro atoms. The largest absolute Gasteiger partial charge is 0.573 e. The summed E-state index contributed by atoms with van der Waals surface area (Å²) in [5, 5.41) is 9.87. The number of aromatic nitrogens is 1. The highest BCUT2D eigenvalue weighted by atomic mass is 32.1. The topological polar surface area (TPSA) is 87.8 Å². The number of hydrogen-bond acceptors (Lipinski definition) is 8. The Kier molecular flexibility index (Phi) is 6.47. The van der Waals surface area contributed by atoms with Crippen molar-refractivity contribution in [3.05, 3.63) is 42.0 Å². The number of benzene rings is 2. The zero-order valence-corrected chi connectivity index (χ0v) is 18.6. The van der Waals surface area contributed by atoms with Crippen LogP contribution in [0.25, 0.3) is 10.2 Å². The first-order valence-electron chi connectivity index (χ1n) is 10.2. The number of nitrogens with zero attached hydrogens (tertiary/aromatic N) is 2. The van der Waals surface area contributed by atoms with E-state index in [4.69, 9.17) is 4.74 Å². The third-order valence-electron chi connectivity index (χ3n) is 4.91. The summed E-state index contributed by atoms with van der Waals surface area (Å²) in [4.78, 5) is 18.7. The SMILES string of the molecule is CCOCCNC(=O)c1ccc2c(c1)NC(Nc1nc3ccc(OC(F)(F)F)cc3s1)N2C. The molecule has 0 radical (unpaired) electrons. The highest BCUT2D eigenvalue weighted by Gasteiger charge is 2.31. The lowest BCUT2D eigenvalue weighted by Crippen LogP contribution is -2.39. The first kappa shape index (κ1) is 22.9. The predicted octanol–water partition coefficient (Wildman–Crippen LogP) is 4.22. The molecule has 0 aliphatic carbocycles. The minimum absolute atomic E-state index is 0.193. The minimum atomic E-state index is -4.75. The van der Waals surface area contributed by atoms with Gasteiger partial charge in [0.25, 0.3) is 5.91 Å². The van der Waals surface area contributed by atoms with Crippen LogP contribution in [0, 0.1) is 0 Å². The fourth-order valence-corrected chi connectivity index (χ4v) is 4.30. The molecule has 1 aliphatic rings. The number of thiazole rings is 1. The van der Waals surface area contributed by atoms with Crippen LogP contribution in [0.15, 0.2) is 36.4 Å². The van der Waals surface area contributed by atoms with E-state index in [1.165, 1.54) is 29.5 Å². The second-order valence-corrected chi connectivity index (χ2v) is 8.21. The zero-order valence-electron chi connectivity index (χ0n) is 17.8. The zero-order chi connectivity index (χ0) is 23.6. The molecule has 8 nitrogen and oxygen atoms in total. The molecule has 33 heavy (non-hydrogen) atoms. The van der Waals surface area contributed by atoms with Crippen LogP contribution in [-0.4, -0.2) is 50.3 Å². The number of carbonyl (C=O) groups is 1. The van der Waals surface area contributed by atoms with Crippen LogP contribution in [0.4, 0.5) is 29.7 Å². The molecule has 1 aromatic heterocycles. The van der Waals surface area contributed by atoms with Crippen molar-refractivity contribution < 1.29 is 27.4 Å². The lowest BCUT2D eigenvalue weighted by Gasteiger charge is -2.22. The molecular weight excluding hydrogens is 459 g/mol. The summed E-state index contributed by atoms with van der Waals surface area (Å²) in [7, 11) is 1.88. The highest BCUT2D eigenvalue weighted by Crippen LogP contribution is 2.36. The third kappa shape index (κ3) is 5.40. The molecule has 1 unspecified atom stereocenters. The Morgan fingerprint density at radius 1 is 1.27 bits per heavy atom. The lowest BCUT2D eigenvalue weighted by atomic mass is 10.1. The van der Waals surface area contributed by atoms with Gasteiger partial charge in [-0.1, -0.05) is 11.3 Å². The number of nitrogens with one attached hydrogen (secondary N) is 3. The normalized spacial score (nSPS) is 15.3. The van der Waals surface area contributed by atoms with E-state index in [2.05, 4.69) is 25.7 Å². The van der Waals surface area contributed by atoms with E-state index < -0.39 is 6.36 Å². The quantitative estimate of drug-likeness (QED) is 0.415. The Bertz CT molecular complexity index is 1150. The number of carbonyl (C=O) groups excluding carboxylic acids is 1. The summed E-state index contributed by atoms with van der Waals surface area (Å²) in [6.07, 6.45) is -5.11. The molecule has 0 saturated heterocycles. The average molecular weight is 482 g/mol. The number of alkyl halides is 3. The van der Waals surface area contributed by atoms with Crippen LogP contribution in [0.3, 0.4) is 0 Å². The van der Waals surface area contributed by atoms with Gasteiger partial charge in [-0.3, -0.25) is 4.79 Å². The van der Waals surface area contributed by atoms with Crippen LogP contribution in [0.2, 0.25) is 0 Å². The van der Waals surface area contributed by atoms with Gasteiger partial charge in [0.2, 0.25) is 0 Å². The molecule has 1 atom stereocenters. The van der Waals surface area contributed by atoms with Crippen molar-refractivity contribution in [3.8, 4) is 5.75 Å². The van der Waals surface area contributed by atoms with Crippen LogP contribution in [0.5, 0.6) is 5.75 Å². The maximum absolute atomic E-state index is 12.5. The number of halogens is 3. The number of fused-ring (bicyclic) bond motifs is 2. The van der Waals surface area contributed by atoms with Gasteiger partial charge in [0.05, 0.1) is 28.2 Å². The van der Waals surface area contributed by atoms with Crippen molar-refractivity contribution in [1.82, 2.24) is 10.3 Å². The monoisotopic (exact) mass is 481 g/mol. The molecule has 176 valence electrons. The molecule has 12 heteroatoms. The Hall–Kier alpha value is -3.25. The van der Waals surface area contributed by atoms with Gasteiger partial charge in [0.1, 0.15) is 5.75 Å². The first-order valence-corrected chi connectivity index (χ1v) is 11.0. The summed E-state index contributed by atoms with van der Waals surface area (Å²) in [6.45, 7) is 3.36. The molecule has 1 amide bonds. The van der Waals surface area contributed by atoms with Crippen LogP contribution < -0.4 is 25.6 Å². The van der Waals surface area contributed by atoms with Gasteiger partial charge in [-0.15, -0.1) is 13.2 Å². The molecule has 4 rings (SSSR count). The second-order valence-electron chi connectivity index (χ2n) is 7.18. The van der Waals surface area contributed by atoms with Crippen molar-refractivity contribution in [1.29, 1.82) is 0 Å². The number of amides is 1. The minimum Gasteiger partial charge on any atom is -0.406 e. The standard InChI is InChI=1S/C21H22F3N5O3S/c1-3-31-9-8-25-18(30)12-4-7-16-15(10-12)26-19(29(16)2)28-20-27-14-6-5-13(11-17(14)33-20)32-21(22,23)24/h4-7,10-11,19,26H,3,8-9H2,1-2H3,(H,25,30)(H,27,28). The summed E-state index contributed by atoms with van der Waals surface area (Å²) in [6, 6.07) is 9.38. The van der Waals surface area contributed by atoms with E-state index in [0.717, 1.165) is 11.4 Å². The summed E-state index contributed by atoms with van der Waals surface area (Å²) < 4.78 is 47.2. The Labute approximate surface area is 191 Å². The molecule has 0 fully saturated rings. The van der Waals surface area contributed by atoms with Gasteiger partial charge in [-0.2, -0.15) is 0 Å². The van der Waals surface area contributed by atoms with E-state index >= 15 is 0 Å². The predicted molar refractivity (Wildman–Crippen MR) is 121 cm³/mol. The summed E-state index contributed by atoms with van der Waals surface area (Å²) in [5.74, 6) is -0.484. The number of ether oxygens (including phenoxy) is 2. The second kappa shape index (κ2) is 9.32. The van der Waals surface area contributed by atoms with Crippen LogP contribution in [-0.2, 0) is 4.74 Å². The van der Waals surface area contributed by atoms with E-state index in [9.17, 15) is 18.0 Å². The van der Waals surface area contributed by atoms with Crippen molar-refractivity contribution in [2.24, 2.45) is 0 Å². The van der Waals surface area contributed by atoms with Crippen molar-refractivity contribution >= 4 is 44.0 Å². The Balaban J connectivity index is 1.43. The molecular formula is C21H22F3N5O3S. The lowest BCUT2D eigenvalue weighted by molar-refractivity contribution is -0.274. The van der Waals surface area contributed by atoms with Gasteiger partial charge in [0.15, 0.2) is 11.4 Å². The fourth-order valence-electron chi connectivity index (χ4n) is 3.38. The maximum atomic E-state index is 12.5. The van der Waals surface area contributed by atoms with Crippen molar-refractivity contribution in [2.75, 3.05) is 42.3 Å². The van der Waals surface area contributed by atoms with E-state index in [1.54, 1.807) is 12.1 Å². The van der Waals surface area contributed by atoms with E-state index in [-0.39, 0.29) is 17.9 Å². The molecule has 2 heterocycles. The van der Waals surface area contributed by atoms with Gasteiger partial charge in [0, 0.05) is 31.8 Å². The summed E-state index contributed by atoms with van der Waals surface area (Å²) >= 11 is 1.21. The van der Waals surface area contributed by atoms with Gasteiger partial charge in [-0.25, -0.2) is 4.98 Å². The average Bonchev–Trinajstić information content (AvgIpc) is 3.29.